The smallest absolute Gasteiger partial charge is 0.280 e. The summed E-state index contributed by atoms with van der Waals surface area (Å²) in [6.07, 6.45) is 0. The van der Waals surface area contributed by atoms with Gasteiger partial charge in [-0.15, -0.1) is 23.7 Å². The molecule has 0 aliphatic rings. The number of thiazole rings is 1. The van der Waals surface area contributed by atoms with Crippen LogP contribution in [0.4, 0.5) is 0 Å². The molecule has 0 spiro atoms. The fourth-order valence-corrected chi connectivity index (χ4v) is 3.32. The van der Waals surface area contributed by atoms with Crippen LogP contribution in [0.1, 0.15) is 27.9 Å². The van der Waals surface area contributed by atoms with Gasteiger partial charge in [0.05, 0.1) is 5.69 Å². The third kappa shape index (κ3) is 5.88. The van der Waals surface area contributed by atoms with E-state index in [4.69, 9.17) is 11.1 Å². The molecule has 3 rings (SSSR count). The average Bonchev–Trinajstić information content (AvgIpc) is 3.23. The second-order valence-corrected chi connectivity index (χ2v) is 7.29. The van der Waals surface area contributed by atoms with Crippen LogP contribution >= 0.6 is 23.7 Å². The lowest BCUT2D eigenvalue weighted by Gasteiger charge is -2.13. The highest BCUT2D eigenvalue weighted by Crippen LogP contribution is 2.21. The van der Waals surface area contributed by atoms with Crippen molar-refractivity contribution in [3.8, 4) is 11.3 Å². The molecule has 0 fully saturated rings. The normalized spacial score (nSPS) is 11.1. The Morgan fingerprint density at radius 3 is 2.43 bits per heavy atom. The summed E-state index contributed by atoms with van der Waals surface area (Å²) in [5.74, 6) is -0.686. The molecule has 0 radical (unpaired) electrons. The van der Waals surface area contributed by atoms with Crippen molar-refractivity contribution in [2.75, 3.05) is 0 Å². The maximum atomic E-state index is 12.4. The molecule has 9 heteroatoms. The number of carbonyl (C=O) groups is 2. The van der Waals surface area contributed by atoms with Crippen LogP contribution in [0.3, 0.4) is 0 Å². The lowest BCUT2D eigenvalue weighted by atomic mass is 10.1. The molecule has 0 saturated heterocycles. The lowest BCUT2D eigenvalue weighted by Crippen LogP contribution is -2.44. The minimum absolute atomic E-state index is 0. The van der Waals surface area contributed by atoms with Gasteiger partial charge in [0.15, 0.2) is 5.01 Å². The third-order valence-corrected chi connectivity index (χ3v) is 5.08. The fourth-order valence-electron chi connectivity index (χ4n) is 2.59. The van der Waals surface area contributed by atoms with Gasteiger partial charge in [-0.25, -0.2) is 4.98 Å². The number of halogens is 1. The summed E-state index contributed by atoms with van der Waals surface area (Å²) in [7, 11) is 0. The van der Waals surface area contributed by atoms with E-state index in [1.54, 1.807) is 31.2 Å². The number of nitrogen functional groups attached to an aromatic ring is 1. The molecule has 0 aliphatic carbocycles. The van der Waals surface area contributed by atoms with Crippen molar-refractivity contribution in [1.82, 2.24) is 15.6 Å². The van der Waals surface area contributed by atoms with E-state index < -0.39 is 6.04 Å². The molecule has 1 unspecified atom stereocenters. The van der Waals surface area contributed by atoms with Gasteiger partial charge in [-0.1, -0.05) is 54.6 Å². The Bertz CT molecular complexity index is 1020. The Kier molecular flexibility index (Phi) is 8.08. The van der Waals surface area contributed by atoms with Gasteiger partial charge < -0.3 is 16.4 Å². The number of amides is 2. The van der Waals surface area contributed by atoms with Crippen LogP contribution in [-0.2, 0) is 11.3 Å². The van der Waals surface area contributed by atoms with Gasteiger partial charge in [-0.2, -0.15) is 0 Å². The van der Waals surface area contributed by atoms with E-state index in [1.807, 2.05) is 35.7 Å². The maximum absolute atomic E-state index is 12.4. The first-order chi connectivity index (χ1) is 13.9. The molecule has 0 bridgehead atoms. The molecule has 1 aromatic heterocycles. The predicted octanol–water partition coefficient (Wildman–Crippen LogP) is 2.95. The van der Waals surface area contributed by atoms with Crippen molar-refractivity contribution in [3.63, 3.8) is 0 Å². The van der Waals surface area contributed by atoms with Crippen LogP contribution < -0.4 is 16.4 Å². The second-order valence-electron chi connectivity index (χ2n) is 6.43. The number of hydrogen-bond donors (Lipinski definition) is 4. The van der Waals surface area contributed by atoms with Gasteiger partial charge in [0.25, 0.3) is 5.91 Å². The summed E-state index contributed by atoms with van der Waals surface area (Å²) >= 11 is 1.24. The van der Waals surface area contributed by atoms with E-state index in [9.17, 15) is 9.59 Å². The zero-order chi connectivity index (χ0) is 20.8. The molecular formula is C21H22ClN5O2S. The Labute approximate surface area is 184 Å². The summed E-state index contributed by atoms with van der Waals surface area (Å²) in [4.78, 5) is 29.0. The molecule has 2 amide bonds. The van der Waals surface area contributed by atoms with Crippen molar-refractivity contribution in [1.29, 1.82) is 5.41 Å². The number of rotatable bonds is 7. The molecule has 0 saturated carbocycles. The van der Waals surface area contributed by atoms with Gasteiger partial charge in [0, 0.05) is 23.1 Å². The molecule has 0 aliphatic heterocycles. The third-order valence-electron chi connectivity index (χ3n) is 4.24. The number of aromatic nitrogens is 1. The van der Waals surface area contributed by atoms with Gasteiger partial charge in [0.1, 0.15) is 11.9 Å². The molecule has 1 heterocycles. The Morgan fingerprint density at radius 2 is 1.80 bits per heavy atom. The van der Waals surface area contributed by atoms with E-state index in [1.165, 1.54) is 11.3 Å². The summed E-state index contributed by atoms with van der Waals surface area (Å²) < 4.78 is 0. The summed E-state index contributed by atoms with van der Waals surface area (Å²) in [6, 6.07) is 15.9. The maximum Gasteiger partial charge on any atom is 0.280 e. The fraction of sp³-hybridized carbons (Fsp3) is 0.143. The van der Waals surface area contributed by atoms with Crippen LogP contribution in [0.25, 0.3) is 11.3 Å². The van der Waals surface area contributed by atoms with E-state index in [0.29, 0.717) is 17.1 Å². The zero-order valence-electron chi connectivity index (χ0n) is 16.2. The van der Waals surface area contributed by atoms with Crippen molar-refractivity contribution in [3.05, 3.63) is 76.1 Å². The Balaban J connectivity index is 0.00000320. The van der Waals surface area contributed by atoms with E-state index in [-0.39, 0.29) is 30.1 Å². The Morgan fingerprint density at radius 1 is 1.13 bits per heavy atom. The van der Waals surface area contributed by atoms with E-state index in [0.717, 1.165) is 16.8 Å². The number of hydrogen-bond acceptors (Lipinski definition) is 5. The van der Waals surface area contributed by atoms with Gasteiger partial charge >= 0.3 is 0 Å². The topological polar surface area (TPSA) is 121 Å². The minimum atomic E-state index is -0.705. The van der Waals surface area contributed by atoms with Crippen molar-refractivity contribution in [2.24, 2.45) is 5.73 Å². The van der Waals surface area contributed by atoms with Crippen LogP contribution in [0, 0.1) is 5.41 Å². The molecule has 156 valence electrons. The number of nitrogens with zero attached hydrogens (tertiary/aromatic N) is 1. The standard InChI is InChI=1S/C21H21N5O2S.ClH/c1-13(19(27)24-11-14-7-9-16(10-8-14)18(22)23)25-20(28)21-26-17(12-29-21)15-5-3-2-4-6-15;/h2-10,12-13H,11H2,1H3,(H3,22,23)(H,24,27)(H,25,28);1H. The SMILES string of the molecule is CC(NC(=O)c1nc(-c2ccccc2)cs1)C(=O)NCc1ccc(C(=N)N)cc1.Cl. The lowest BCUT2D eigenvalue weighted by molar-refractivity contribution is -0.122. The predicted molar refractivity (Wildman–Crippen MR) is 121 cm³/mol. The molecule has 7 nitrogen and oxygen atoms in total. The van der Waals surface area contributed by atoms with Crippen LogP contribution in [0.2, 0.25) is 0 Å². The van der Waals surface area contributed by atoms with Gasteiger partial charge in [-0.05, 0) is 12.5 Å². The molecule has 30 heavy (non-hydrogen) atoms. The van der Waals surface area contributed by atoms with Crippen LogP contribution in [-0.4, -0.2) is 28.7 Å². The number of carbonyl (C=O) groups excluding carboxylic acids is 2. The van der Waals surface area contributed by atoms with E-state index in [2.05, 4.69) is 15.6 Å². The summed E-state index contributed by atoms with van der Waals surface area (Å²) in [5, 5.41) is 15.0. The average molecular weight is 444 g/mol. The van der Waals surface area contributed by atoms with Gasteiger partial charge in [-0.3, -0.25) is 15.0 Å². The van der Waals surface area contributed by atoms with Crippen LogP contribution in [0.15, 0.2) is 60.0 Å². The summed E-state index contributed by atoms with van der Waals surface area (Å²) in [5.41, 5.74) is 8.58. The molecule has 3 aromatic rings. The largest absolute Gasteiger partial charge is 0.384 e. The molecule has 5 N–H and O–H groups in total. The monoisotopic (exact) mass is 443 g/mol. The van der Waals surface area contributed by atoms with Crippen molar-refractivity contribution in [2.45, 2.75) is 19.5 Å². The highest BCUT2D eigenvalue weighted by Gasteiger charge is 2.19. The van der Waals surface area contributed by atoms with Crippen molar-refractivity contribution < 1.29 is 9.59 Å². The van der Waals surface area contributed by atoms with Gasteiger partial charge in [0.2, 0.25) is 5.91 Å². The highest BCUT2D eigenvalue weighted by atomic mass is 35.5. The first kappa shape index (κ1) is 23.1. The second kappa shape index (κ2) is 10.5. The molecular weight excluding hydrogens is 422 g/mol. The first-order valence-corrected chi connectivity index (χ1v) is 9.85. The molecule has 1 atom stereocenters. The number of nitrogens with two attached hydrogens (primary N) is 1. The molecule has 2 aromatic carbocycles. The Hall–Kier alpha value is -3.23. The number of nitrogens with one attached hydrogen (secondary N) is 3. The zero-order valence-corrected chi connectivity index (χ0v) is 17.8. The van der Waals surface area contributed by atoms with E-state index >= 15 is 0 Å². The number of benzene rings is 2. The van der Waals surface area contributed by atoms with Crippen molar-refractivity contribution >= 4 is 41.4 Å². The minimum Gasteiger partial charge on any atom is -0.384 e. The first-order valence-electron chi connectivity index (χ1n) is 8.97. The highest BCUT2D eigenvalue weighted by molar-refractivity contribution is 7.12. The quantitative estimate of drug-likeness (QED) is 0.331. The van der Waals surface area contributed by atoms with Crippen LogP contribution in [0.5, 0.6) is 0 Å². The number of amidine groups is 1. The summed E-state index contributed by atoms with van der Waals surface area (Å²) in [6.45, 7) is 1.93.